The Bertz CT molecular complexity index is 3260. The van der Waals surface area contributed by atoms with Gasteiger partial charge >= 0.3 is 0 Å². The molecule has 0 bridgehead atoms. The summed E-state index contributed by atoms with van der Waals surface area (Å²) in [6, 6.07) is 87.9. The standard InChI is InChI=1S/C58H40N2/c1-4-19-41(20-5-1)43-23-18-24-44(39-43)47-37-38-58(50-28-11-10-27-48(47)50)59(45-25-8-3-9-26-45)46-35-36-49(54(40-46)42-21-6-2-7-22-42)51-29-12-15-32-55(51)60-56-33-16-13-30-52(56)53-31-14-17-34-57(53)60/h1-40H. The van der Waals surface area contributed by atoms with E-state index >= 15 is 0 Å². The Kier molecular flexibility index (Phi) is 8.87. The van der Waals surface area contributed by atoms with E-state index in [9.17, 15) is 0 Å². The van der Waals surface area contributed by atoms with E-state index < -0.39 is 0 Å². The fourth-order valence-corrected chi connectivity index (χ4v) is 9.07. The lowest BCUT2D eigenvalue weighted by molar-refractivity contribution is 1.18. The van der Waals surface area contributed by atoms with Gasteiger partial charge in [0.2, 0.25) is 0 Å². The number of para-hydroxylation sites is 4. The van der Waals surface area contributed by atoms with Crippen molar-refractivity contribution in [1.82, 2.24) is 4.57 Å². The molecule has 2 nitrogen and oxygen atoms in total. The molecule has 0 saturated heterocycles. The van der Waals surface area contributed by atoms with Gasteiger partial charge in [-0.05, 0) is 98.9 Å². The lowest BCUT2D eigenvalue weighted by Gasteiger charge is -2.29. The summed E-state index contributed by atoms with van der Waals surface area (Å²) in [5.41, 5.74) is 16.4. The van der Waals surface area contributed by atoms with Gasteiger partial charge in [0.25, 0.3) is 0 Å². The van der Waals surface area contributed by atoms with E-state index in [0.29, 0.717) is 0 Å². The summed E-state index contributed by atoms with van der Waals surface area (Å²) in [6.45, 7) is 0. The van der Waals surface area contributed by atoms with Gasteiger partial charge in [0.15, 0.2) is 0 Å². The zero-order valence-corrected chi connectivity index (χ0v) is 33.0. The molecule has 0 spiro atoms. The fraction of sp³-hybridized carbons (Fsp3) is 0. The van der Waals surface area contributed by atoms with Crippen LogP contribution >= 0.6 is 0 Å². The van der Waals surface area contributed by atoms with Crippen LogP contribution < -0.4 is 4.90 Å². The quantitative estimate of drug-likeness (QED) is 0.150. The van der Waals surface area contributed by atoms with E-state index in [1.54, 1.807) is 0 Å². The molecule has 1 heterocycles. The molecule has 0 aliphatic carbocycles. The zero-order chi connectivity index (χ0) is 39.8. The first-order valence-electron chi connectivity index (χ1n) is 20.6. The number of nitrogens with zero attached hydrogens (tertiary/aromatic N) is 2. The summed E-state index contributed by atoms with van der Waals surface area (Å²) < 4.78 is 2.43. The van der Waals surface area contributed by atoms with Gasteiger partial charge in [-0.1, -0.05) is 188 Å². The average molecular weight is 765 g/mol. The van der Waals surface area contributed by atoms with E-state index in [0.717, 1.165) is 28.3 Å². The highest BCUT2D eigenvalue weighted by Gasteiger charge is 2.22. The number of rotatable bonds is 8. The lowest BCUT2D eigenvalue weighted by atomic mass is 9.92. The van der Waals surface area contributed by atoms with Crippen LogP contribution in [0.15, 0.2) is 243 Å². The summed E-state index contributed by atoms with van der Waals surface area (Å²) in [5, 5.41) is 4.90. The van der Waals surface area contributed by atoms with Crippen molar-refractivity contribution in [2.75, 3.05) is 4.90 Å². The van der Waals surface area contributed by atoms with Gasteiger partial charge in [0, 0.05) is 33.1 Å². The Balaban J connectivity index is 1.11. The Morgan fingerprint density at radius 2 is 0.800 bits per heavy atom. The smallest absolute Gasteiger partial charge is 0.0541 e. The van der Waals surface area contributed by atoms with Crippen LogP contribution in [0.1, 0.15) is 0 Å². The molecule has 10 aromatic carbocycles. The molecule has 11 rings (SSSR count). The highest BCUT2D eigenvalue weighted by molar-refractivity contribution is 6.10. The van der Waals surface area contributed by atoms with Crippen molar-refractivity contribution in [3.8, 4) is 50.2 Å². The van der Waals surface area contributed by atoms with E-state index in [1.165, 1.54) is 71.5 Å². The van der Waals surface area contributed by atoms with Crippen LogP contribution in [-0.2, 0) is 0 Å². The lowest BCUT2D eigenvalue weighted by Crippen LogP contribution is -2.11. The molecule has 0 fully saturated rings. The second kappa shape index (κ2) is 15.1. The van der Waals surface area contributed by atoms with Gasteiger partial charge in [0.1, 0.15) is 0 Å². The van der Waals surface area contributed by atoms with E-state index in [-0.39, 0.29) is 0 Å². The summed E-state index contributed by atoms with van der Waals surface area (Å²) in [4.78, 5) is 2.42. The molecule has 1 aromatic heterocycles. The van der Waals surface area contributed by atoms with E-state index in [2.05, 4.69) is 252 Å². The van der Waals surface area contributed by atoms with E-state index in [1.807, 2.05) is 0 Å². The molecule has 0 saturated carbocycles. The second-order valence-electron chi connectivity index (χ2n) is 15.3. The molecule has 0 aliphatic rings. The molecule has 0 aliphatic heterocycles. The monoisotopic (exact) mass is 764 g/mol. The van der Waals surface area contributed by atoms with Crippen molar-refractivity contribution in [3.63, 3.8) is 0 Å². The minimum absolute atomic E-state index is 1.09. The van der Waals surface area contributed by atoms with Gasteiger partial charge in [-0.25, -0.2) is 0 Å². The first-order chi connectivity index (χ1) is 29.8. The minimum Gasteiger partial charge on any atom is -0.310 e. The van der Waals surface area contributed by atoms with Crippen molar-refractivity contribution < 1.29 is 0 Å². The molecular weight excluding hydrogens is 725 g/mol. The molecule has 0 radical (unpaired) electrons. The molecule has 11 aromatic rings. The molecule has 0 amide bonds. The third kappa shape index (κ3) is 6.14. The van der Waals surface area contributed by atoms with Crippen LogP contribution in [0.3, 0.4) is 0 Å². The first-order valence-corrected chi connectivity index (χ1v) is 20.6. The van der Waals surface area contributed by atoms with Gasteiger partial charge in [-0.3, -0.25) is 0 Å². The van der Waals surface area contributed by atoms with Gasteiger partial charge in [-0.15, -0.1) is 0 Å². The number of anilines is 3. The largest absolute Gasteiger partial charge is 0.310 e. The van der Waals surface area contributed by atoms with Crippen LogP contribution in [-0.4, -0.2) is 4.57 Å². The maximum Gasteiger partial charge on any atom is 0.0541 e. The molecule has 0 unspecified atom stereocenters. The van der Waals surface area contributed by atoms with Crippen LogP contribution in [0.25, 0.3) is 82.8 Å². The highest BCUT2D eigenvalue weighted by atomic mass is 15.1. The number of aromatic nitrogens is 1. The molecule has 0 atom stereocenters. The number of hydrogen-bond acceptors (Lipinski definition) is 1. The molecule has 0 N–H and O–H groups in total. The van der Waals surface area contributed by atoms with Crippen molar-refractivity contribution in [2.45, 2.75) is 0 Å². The van der Waals surface area contributed by atoms with E-state index in [4.69, 9.17) is 0 Å². The molecular formula is C58H40N2. The summed E-state index contributed by atoms with van der Waals surface area (Å²) in [5.74, 6) is 0. The maximum absolute atomic E-state index is 2.43. The van der Waals surface area contributed by atoms with Crippen LogP contribution in [0.5, 0.6) is 0 Å². The molecule has 282 valence electrons. The third-order valence-electron chi connectivity index (χ3n) is 11.8. The van der Waals surface area contributed by atoms with Gasteiger partial charge < -0.3 is 9.47 Å². The third-order valence-corrected chi connectivity index (χ3v) is 11.8. The topological polar surface area (TPSA) is 8.17 Å². The predicted molar refractivity (Wildman–Crippen MR) is 255 cm³/mol. The van der Waals surface area contributed by atoms with Crippen LogP contribution in [0.4, 0.5) is 17.1 Å². The van der Waals surface area contributed by atoms with Gasteiger partial charge in [-0.2, -0.15) is 0 Å². The maximum atomic E-state index is 2.43. The van der Waals surface area contributed by atoms with Crippen LogP contribution in [0, 0.1) is 0 Å². The van der Waals surface area contributed by atoms with Crippen molar-refractivity contribution in [2.24, 2.45) is 0 Å². The van der Waals surface area contributed by atoms with Crippen molar-refractivity contribution >= 4 is 49.6 Å². The summed E-state index contributed by atoms with van der Waals surface area (Å²) in [6.07, 6.45) is 0. The fourth-order valence-electron chi connectivity index (χ4n) is 9.07. The number of fused-ring (bicyclic) bond motifs is 4. The zero-order valence-electron chi connectivity index (χ0n) is 33.0. The average Bonchev–Trinajstić information content (AvgIpc) is 3.67. The van der Waals surface area contributed by atoms with Crippen molar-refractivity contribution in [3.05, 3.63) is 243 Å². The van der Waals surface area contributed by atoms with Gasteiger partial charge in [0.05, 0.1) is 22.4 Å². The number of benzene rings is 10. The normalized spacial score (nSPS) is 11.3. The van der Waals surface area contributed by atoms with Crippen molar-refractivity contribution in [1.29, 1.82) is 0 Å². The Hall–Kier alpha value is -7.94. The Labute approximate surface area is 350 Å². The summed E-state index contributed by atoms with van der Waals surface area (Å²) in [7, 11) is 0. The SMILES string of the molecule is c1ccc(-c2cccc(-c3ccc(N(c4ccccc4)c4ccc(-c5ccccc5-n5c6ccccc6c6ccccc65)c(-c5ccccc5)c4)c4ccccc34)c2)cc1. The molecule has 2 heteroatoms. The predicted octanol–water partition coefficient (Wildman–Crippen LogP) is 16.1. The summed E-state index contributed by atoms with van der Waals surface area (Å²) >= 11 is 0. The van der Waals surface area contributed by atoms with Crippen LogP contribution in [0.2, 0.25) is 0 Å². The highest BCUT2D eigenvalue weighted by Crippen LogP contribution is 2.46. The Morgan fingerprint density at radius 1 is 0.267 bits per heavy atom. The molecule has 60 heavy (non-hydrogen) atoms. The first kappa shape index (κ1) is 35.2. The number of hydrogen-bond donors (Lipinski definition) is 0. The second-order valence-corrected chi connectivity index (χ2v) is 15.3. The Morgan fingerprint density at radius 3 is 1.52 bits per heavy atom. The minimum atomic E-state index is 1.09.